The smallest absolute Gasteiger partial charge is 0.180 e. The summed E-state index contributed by atoms with van der Waals surface area (Å²) in [6.45, 7) is 5.41. The summed E-state index contributed by atoms with van der Waals surface area (Å²) in [4.78, 5) is 14.0. The summed E-state index contributed by atoms with van der Waals surface area (Å²) < 4.78 is 4.14. The van der Waals surface area contributed by atoms with Crippen molar-refractivity contribution < 1.29 is 0 Å². The average molecular weight is 323 g/mol. The van der Waals surface area contributed by atoms with Crippen molar-refractivity contribution in [3.05, 3.63) is 31.0 Å². The van der Waals surface area contributed by atoms with E-state index in [1.54, 1.807) is 0 Å². The molecule has 0 spiro atoms. The summed E-state index contributed by atoms with van der Waals surface area (Å²) >= 11 is 0. The predicted octanol–water partition coefficient (Wildman–Crippen LogP) is 1.68. The molecule has 0 aliphatic carbocycles. The summed E-state index contributed by atoms with van der Waals surface area (Å²) in [5.74, 6) is 0.979. The largest absolute Gasteiger partial charge is 0.351 e. The van der Waals surface area contributed by atoms with Crippen LogP contribution < -0.4 is 4.90 Å². The van der Waals surface area contributed by atoms with Crippen molar-refractivity contribution in [1.82, 2.24) is 29.0 Å². The van der Waals surface area contributed by atoms with Crippen LogP contribution in [0.25, 0.3) is 16.9 Å². The second-order valence-corrected chi connectivity index (χ2v) is 7.02. The standard InChI is InChI=1S/C17H21N7/c1-12-3-5-23(12)17-16-18-4-6-22(16)11-15(20-17)13-7-19-24(8-13)14-9-21(2)10-14/h4,6-8,11-12,14H,3,5,9-10H2,1-2H3/t12-/m0/s1. The third kappa shape index (κ3) is 2.04. The Morgan fingerprint density at radius 3 is 2.79 bits per heavy atom. The van der Waals surface area contributed by atoms with Crippen LogP contribution in [-0.2, 0) is 0 Å². The molecule has 2 aliphatic heterocycles. The number of imidazole rings is 1. The molecule has 0 radical (unpaired) electrons. The van der Waals surface area contributed by atoms with Crippen LogP contribution in [0.5, 0.6) is 0 Å². The Hall–Kier alpha value is -2.41. The second-order valence-electron chi connectivity index (χ2n) is 7.02. The molecule has 124 valence electrons. The molecule has 0 amide bonds. The molecule has 3 aromatic heterocycles. The quantitative estimate of drug-likeness (QED) is 0.734. The van der Waals surface area contributed by atoms with Gasteiger partial charge in [0.25, 0.3) is 0 Å². The van der Waals surface area contributed by atoms with Gasteiger partial charge in [-0.2, -0.15) is 5.10 Å². The van der Waals surface area contributed by atoms with E-state index in [0.717, 1.165) is 42.4 Å². The fourth-order valence-electron chi connectivity index (χ4n) is 3.58. The van der Waals surface area contributed by atoms with Gasteiger partial charge in [0.15, 0.2) is 11.5 Å². The van der Waals surface area contributed by atoms with Gasteiger partial charge < -0.3 is 14.2 Å². The van der Waals surface area contributed by atoms with Gasteiger partial charge in [0, 0.05) is 56.0 Å². The Morgan fingerprint density at radius 1 is 1.21 bits per heavy atom. The molecule has 2 aliphatic rings. The minimum Gasteiger partial charge on any atom is -0.351 e. The van der Waals surface area contributed by atoms with Gasteiger partial charge in [-0.3, -0.25) is 4.68 Å². The minimum atomic E-state index is 0.482. The lowest BCUT2D eigenvalue weighted by atomic mass is 10.1. The van der Waals surface area contributed by atoms with Crippen LogP contribution in [0.15, 0.2) is 31.0 Å². The highest BCUT2D eigenvalue weighted by molar-refractivity contribution is 5.70. The van der Waals surface area contributed by atoms with Gasteiger partial charge in [0.2, 0.25) is 0 Å². The Balaban J connectivity index is 1.55. The van der Waals surface area contributed by atoms with Gasteiger partial charge in [-0.25, -0.2) is 9.97 Å². The molecule has 7 nitrogen and oxygen atoms in total. The number of hydrogen-bond donors (Lipinski definition) is 0. The molecule has 0 bridgehead atoms. The molecule has 3 aromatic rings. The van der Waals surface area contributed by atoms with E-state index in [1.807, 2.05) is 24.8 Å². The van der Waals surface area contributed by atoms with Gasteiger partial charge in [0.1, 0.15) is 0 Å². The minimum absolute atomic E-state index is 0.482. The predicted molar refractivity (Wildman–Crippen MR) is 92.2 cm³/mol. The molecule has 0 unspecified atom stereocenters. The monoisotopic (exact) mass is 323 g/mol. The van der Waals surface area contributed by atoms with E-state index in [-0.39, 0.29) is 0 Å². The van der Waals surface area contributed by atoms with Crippen LogP contribution in [-0.4, -0.2) is 61.8 Å². The van der Waals surface area contributed by atoms with E-state index in [2.05, 4.69) is 49.1 Å². The SMILES string of the molecule is C[C@H]1CCN1c1nc(-c2cnn(C3CN(C)C3)c2)cn2ccnc12. The summed E-state index contributed by atoms with van der Waals surface area (Å²) in [7, 11) is 2.13. The average Bonchev–Trinajstić information content (AvgIpc) is 3.19. The number of anilines is 1. The number of rotatable bonds is 3. The molecule has 5 heterocycles. The van der Waals surface area contributed by atoms with Gasteiger partial charge in [-0.1, -0.05) is 0 Å². The first kappa shape index (κ1) is 14.0. The zero-order valence-electron chi connectivity index (χ0n) is 14.0. The summed E-state index contributed by atoms with van der Waals surface area (Å²) in [5, 5.41) is 4.55. The van der Waals surface area contributed by atoms with Crippen LogP contribution in [0.2, 0.25) is 0 Å². The summed E-state index contributed by atoms with van der Waals surface area (Å²) in [6.07, 6.45) is 11.1. The topological polar surface area (TPSA) is 54.5 Å². The van der Waals surface area contributed by atoms with Crippen LogP contribution in [0.3, 0.4) is 0 Å². The first-order chi connectivity index (χ1) is 11.7. The maximum Gasteiger partial charge on any atom is 0.180 e. The Morgan fingerprint density at radius 2 is 2.08 bits per heavy atom. The molecule has 7 heteroatoms. The third-order valence-corrected chi connectivity index (χ3v) is 5.26. The van der Waals surface area contributed by atoms with E-state index < -0.39 is 0 Å². The zero-order valence-corrected chi connectivity index (χ0v) is 14.0. The third-order valence-electron chi connectivity index (χ3n) is 5.26. The van der Waals surface area contributed by atoms with Gasteiger partial charge in [-0.15, -0.1) is 0 Å². The number of fused-ring (bicyclic) bond motifs is 1. The number of likely N-dealkylation sites (tertiary alicyclic amines) is 1. The maximum atomic E-state index is 4.93. The Kier molecular flexibility index (Phi) is 2.94. The van der Waals surface area contributed by atoms with E-state index in [9.17, 15) is 0 Å². The first-order valence-electron chi connectivity index (χ1n) is 8.52. The van der Waals surface area contributed by atoms with Crippen LogP contribution in [0, 0.1) is 0 Å². The molecule has 2 saturated heterocycles. The number of nitrogens with zero attached hydrogens (tertiary/aromatic N) is 7. The summed E-state index contributed by atoms with van der Waals surface area (Å²) in [6, 6.07) is 1.01. The lowest BCUT2D eigenvalue weighted by Gasteiger charge is -2.39. The van der Waals surface area contributed by atoms with Crippen LogP contribution in [0.4, 0.5) is 5.82 Å². The van der Waals surface area contributed by atoms with E-state index in [1.165, 1.54) is 6.42 Å². The highest BCUT2D eigenvalue weighted by Gasteiger charge is 2.28. The molecule has 0 aromatic carbocycles. The van der Waals surface area contributed by atoms with E-state index in [0.29, 0.717) is 12.1 Å². The molecule has 2 fully saturated rings. The normalized spacial score (nSPS) is 21.9. The highest BCUT2D eigenvalue weighted by Crippen LogP contribution is 2.30. The van der Waals surface area contributed by atoms with Gasteiger partial charge in [-0.05, 0) is 20.4 Å². The molecular weight excluding hydrogens is 302 g/mol. The van der Waals surface area contributed by atoms with E-state index >= 15 is 0 Å². The molecule has 5 rings (SSSR count). The number of hydrogen-bond acceptors (Lipinski definition) is 5. The fourth-order valence-corrected chi connectivity index (χ4v) is 3.58. The lowest BCUT2D eigenvalue weighted by molar-refractivity contribution is 0.130. The van der Waals surface area contributed by atoms with Crippen molar-refractivity contribution in [2.75, 3.05) is 31.6 Å². The van der Waals surface area contributed by atoms with Gasteiger partial charge >= 0.3 is 0 Å². The molecular formula is C17H21N7. The van der Waals surface area contributed by atoms with Crippen molar-refractivity contribution in [3.8, 4) is 11.3 Å². The summed E-state index contributed by atoms with van der Waals surface area (Å²) in [5.41, 5.74) is 2.95. The van der Waals surface area contributed by atoms with Gasteiger partial charge in [0.05, 0.1) is 17.9 Å². The molecule has 0 N–H and O–H groups in total. The van der Waals surface area contributed by atoms with Crippen molar-refractivity contribution in [2.24, 2.45) is 0 Å². The van der Waals surface area contributed by atoms with E-state index in [4.69, 9.17) is 4.98 Å². The first-order valence-corrected chi connectivity index (χ1v) is 8.52. The Labute approximate surface area is 140 Å². The van der Waals surface area contributed by atoms with Crippen LogP contribution >= 0.6 is 0 Å². The number of likely N-dealkylation sites (N-methyl/N-ethyl adjacent to an activating group) is 1. The maximum absolute atomic E-state index is 4.93. The van der Waals surface area contributed by atoms with Crippen LogP contribution in [0.1, 0.15) is 19.4 Å². The highest BCUT2D eigenvalue weighted by atomic mass is 15.4. The zero-order chi connectivity index (χ0) is 16.3. The molecule has 24 heavy (non-hydrogen) atoms. The molecule has 1 atom stereocenters. The van der Waals surface area contributed by atoms with Crippen molar-refractivity contribution in [2.45, 2.75) is 25.4 Å². The van der Waals surface area contributed by atoms with Crippen molar-refractivity contribution in [1.29, 1.82) is 0 Å². The molecule has 0 saturated carbocycles. The number of aromatic nitrogens is 5. The van der Waals surface area contributed by atoms with Crippen molar-refractivity contribution >= 4 is 11.5 Å². The lowest BCUT2D eigenvalue weighted by Crippen LogP contribution is -2.46. The second kappa shape index (κ2) is 5.04. The fraction of sp³-hybridized carbons (Fsp3) is 0.471. The Bertz CT molecular complexity index is 889. The van der Waals surface area contributed by atoms with Crippen molar-refractivity contribution in [3.63, 3.8) is 0 Å².